The molecule has 1 heterocycles. The van der Waals surface area contributed by atoms with E-state index in [0.29, 0.717) is 12.8 Å². The van der Waals surface area contributed by atoms with E-state index in [4.69, 9.17) is 9.47 Å². The molecule has 0 saturated heterocycles. The normalized spacial score (nSPS) is 16.0. The zero-order valence-electron chi connectivity index (χ0n) is 14.2. The second-order valence-corrected chi connectivity index (χ2v) is 5.36. The van der Waals surface area contributed by atoms with Crippen LogP contribution < -0.4 is 4.74 Å². The smallest absolute Gasteiger partial charge is 0.330 e. The van der Waals surface area contributed by atoms with Gasteiger partial charge < -0.3 is 9.47 Å². The van der Waals surface area contributed by atoms with E-state index < -0.39 is 12.0 Å². The average Bonchev–Trinajstić information content (AvgIpc) is 2.61. The summed E-state index contributed by atoms with van der Waals surface area (Å²) in [4.78, 5) is 23.8. The Morgan fingerprint density at radius 3 is 2.62 bits per heavy atom. The number of amides is 1. The van der Waals surface area contributed by atoms with E-state index in [1.807, 2.05) is 36.4 Å². The summed E-state index contributed by atoms with van der Waals surface area (Å²) in [5.74, 6) is 0.175. The van der Waals surface area contributed by atoms with Gasteiger partial charge in [0, 0.05) is 12.8 Å². The lowest BCUT2D eigenvalue weighted by Crippen LogP contribution is -2.43. The number of hydrogen-bond acceptors (Lipinski definition) is 5. The fraction of sp³-hybridized carbons (Fsp3) is 0.389. The number of hydrogen-bond donors (Lipinski definition) is 0. The standard InChI is InChI=1S/C18H22N2O4/c1-4-24-18(22)13(2)20-17(21)12-9-15(19-20)8-5-14-6-10-16(23-3)11-7-14/h5-8,10-11,13H,4,9,12H2,1-3H3. The van der Waals surface area contributed by atoms with Gasteiger partial charge in [0.25, 0.3) is 0 Å². The minimum Gasteiger partial charge on any atom is -0.497 e. The Morgan fingerprint density at radius 2 is 2.00 bits per heavy atom. The van der Waals surface area contributed by atoms with E-state index in [2.05, 4.69) is 5.10 Å². The van der Waals surface area contributed by atoms with Gasteiger partial charge in [0.2, 0.25) is 5.91 Å². The lowest BCUT2D eigenvalue weighted by Gasteiger charge is -2.26. The van der Waals surface area contributed by atoms with Gasteiger partial charge in [0.05, 0.1) is 19.4 Å². The zero-order valence-corrected chi connectivity index (χ0v) is 14.2. The SMILES string of the molecule is CCOC(=O)C(C)N1N=C(C=Cc2ccc(OC)cc2)CCC1=O. The van der Waals surface area contributed by atoms with Crippen LogP contribution in [0.15, 0.2) is 35.4 Å². The van der Waals surface area contributed by atoms with Crippen LogP contribution in [0.2, 0.25) is 0 Å². The summed E-state index contributed by atoms with van der Waals surface area (Å²) in [6, 6.07) is 6.90. The van der Waals surface area contributed by atoms with Gasteiger partial charge in [-0.15, -0.1) is 0 Å². The summed E-state index contributed by atoms with van der Waals surface area (Å²) in [6.45, 7) is 3.63. The third-order valence-corrected chi connectivity index (χ3v) is 3.67. The van der Waals surface area contributed by atoms with E-state index in [9.17, 15) is 9.59 Å². The third-order valence-electron chi connectivity index (χ3n) is 3.67. The highest BCUT2D eigenvalue weighted by Crippen LogP contribution is 2.16. The van der Waals surface area contributed by atoms with Gasteiger partial charge in [-0.2, -0.15) is 5.10 Å². The van der Waals surface area contributed by atoms with E-state index in [0.717, 1.165) is 17.0 Å². The molecule has 2 rings (SSSR count). The van der Waals surface area contributed by atoms with Crippen LogP contribution in [0.1, 0.15) is 32.3 Å². The van der Waals surface area contributed by atoms with Crippen LogP contribution in [-0.4, -0.2) is 42.4 Å². The molecule has 0 spiro atoms. The van der Waals surface area contributed by atoms with Crippen molar-refractivity contribution < 1.29 is 19.1 Å². The quantitative estimate of drug-likeness (QED) is 0.752. The van der Waals surface area contributed by atoms with Crippen molar-refractivity contribution in [3.8, 4) is 5.75 Å². The van der Waals surface area contributed by atoms with Crippen molar-refractivity contribution in [2.24, 2.45) is 5.10 Å². The molecule has 0 aliphatic carbocycles. The number of benzene rings is 1. The van der Waals surface area contributed by atoms with Crippen LogP contribution in [0.4, 0.5) is 0 Å². The van der Waals surface area contributed by atoms with Crippen LogP contribution >= 0.6 is 0 Å². The molecule has 128 valence electrons. The number of nitrogens with zero attached hydrogens (tertiary/aromatic N) is 2. The molecule has 6 heteroatoms. The predicted octanol–water partition coefficient (Wildman–Crippen LogP) is 2.64. The largest absolute Gasteiger partial charge is 0.497 e. The molecule has 1 aliphatic rings. The highest BCUT2D eigenvalue weighted by molar-refractivity contribution is 6.02. The predicted molar refractivity (Wildman–Crippen MR) is 91.6 cm³/mol. The number of ether oxygens (including phenoxy) is 2. The van der Waals surface area contributed by atoms with Crippen molar-refractivity contribution >= 4 is 23.7 Å². The Labute approximate surface area is 141 Å². The lowest BCUT2D eigenvalue weighted by molar-refractivity contribution is -0.154. The van der Waals surface area contributed by atoms with Gasteiger partial charge in [-0.05, 0) is 37.6 Å². The summed E-state index contributed by atoms with van der Waals surface area (Å²) in [5.41, 5.74) is 1.75. The maximum atomic E-state index is 12.0. The lowest BCUT2D eigenvalue weighted by atomic mass is 10.1. The summed E-state index contributed by atoms with van der Waals surface area (Å²) in [5, 5.41) is 5.52. The van der Waals surface area contributed by atoms with Crippen molar-refractivity contribution in [1.29, 1.82) is 0 Å². The van der Waals surface area contributed by atoms with E-state index in [-0.39, 0.29) is 12.5 Å². The molecule has 0 N–H and O–H groups in total. The molecular formula is C18H22N2O4. The van der Waals surface area contributed by atoms with Crippen LogP contribution in [0.25, 0.3) is 6.08 Å². The summed E-state index contributed by atoms with van der Waals surface area (Å²) in [6.07, 6.45) is 4.66. The highest BCUT2D eigenvalue weighted by atomic mass is 16.5. The molecule has 1 aromatic rings. The van der Waals surface area contributed by atoms with Crippen molar-refractivity contribution in [3.05, 3.63) is 35.9 Å². The maximum Gasteiger partial charge on any atom is 0.330 e. The first-order chi connectivity index (χ1) is 11.5. The van der Waals surface area contributed by atoms with Crippen LogP contribution in [0.5, 0.6) is 5.75 Å². The first-order valence-corrected chi connectivity index (χ1v) is 7.93. The number of esters is 1. The minimum absolute atomic E-state index is 0.169. The Bertz CT molecular complexity index is 649. The van der Waals surface area contributed by atoms with Gasteiger partial charge in [-0.1, -0.05) is 18.2 Å². The molecule has 1 aromatic carbocycles. The molecule has 1 aliphatic heterocycles. The third kappa shape index (κ3) is 4.44. The topological polar surface area (TPSA) is 68.2 Å². The minimum atomic E-state index is -0.720. The van der Waals surface area contributed by atoms with Crippen molar-refractivity contribution in [3.63, 3.8) is 0 Å². The van der Waals surface area contributed by atoms with Gasteiger partial charge in [-0.3, -0.25) is 4.79 Å². The molecule has 0 aromatic heterocycles. The first kappa shape index (κ1) is 17.7. The van der Waals surface area contributed by atoms with Crippen molar-refractivity contribution in [2.45, 2.75) is 32.7 Å². The number of carbonyl (C=O) groups is 2. The molecule has 0 radical (unpaired) electrons. The summed E-state index contributed by atoms with van der Waals surface area (Å²) < 4.78 is 10.1. The fourth-order valence-corrected chi connectivity index (χ4v) is 2.28. The molecule has 0 bridgehead atoms. The van der Waals surface area contributed by atoms with Crippen molar-refractivity contribution in [2.75, 3.05) is 13.7 Å². The highest BCUT2D eigenvalue weighted by Gasteiger charge is 2.29. The van der Waals surface area contributed by atoms with Crippen LogP contribution in [-0.2, 0) is 14.3 Å². The first-order valence-electron chi connectivity index (χ1n) is 7.93. The Balaban J connectivity index is 2.11. The molecule has 0 fully saturated rings. The second kappa shape index (κ2) is 8.29. The Morgan fingerprint density at radius 1 is 1.29 bits per heavy atom. The van der Waals surface area contributed by atoms with E-state index in [1.165, 1.54) is 5.01 Å². The zero-order chi connectivity index (χ0) is 17.5. The average molecular weight is 330 g/mol. The van der Waals surface area contributed by atoms with Crippen molar-refractivity contribution in [1.82, 2.24) is 5.01 Å². The maximum absolute atomic E-state index is 12.0. The number of methoxy groups -OCH3 is 1. The molecule has 6 nitrogen and oxygen atoms in total. The Kier molecular flexibility index (Phi) is 6.12. The van der Waals surface area contributed by atoms with Gasteiger partial charge in [-0.25, -0.2) is 9.80 Å². The van der Waals surface area contributed by atoms with Gasteiger partial charge >= 0.3 is 5.97 Å². The molecular weight excluding hydrogens is 308 g/mol. The molecule has 24 heavy (non-hydrogen) atoms. The summed E-state index contributed by atoms with van der Waals surface area (Å²) >= 11 is 0. The Hall–Kier alpha value is -2.63. The number of allylic oxidation sites excluding steroid dienone is 1. The number of rotatable bonds is 6. The number of carbonyl (C=O) groups excluding carboxylic acids is 2. The van der Waals surface area contributed by atoms with Crippen LogP contribution in [0.3, 0.4) is 0 Å². The van der Waals surface area contributed by atoms with Gasteiger partial charge in [0.15, 0.2) is 0 Å². The number of hydrazone groups is 1. The summed E-state index contributed by atoms with van der Waals surface area (Å²) in [7, 11) is 1.62. The molecule has 1 unspecified atom stereocenters. The van der Waals surface area contributed by atoms with E-state index in [1.54, 1.807) is 21.0 Å². The molecule has 0 saturated carbocycles. The fourth-order valence-electron chi connectivity index (χ4n) is 2.28. The molecule has 1 atom stereocenters. The molecule has 1 amide bonds. The van der Waals surface area contributed by atoms with Gasteiger partial charge in [0.1, 0.15) is 11.8 Å². The van der Waals surface area contributed by atoms with E-state index >= 15 is 0 Å². The second-order valence-electron chi connectivity index (χ2n) is 5.36. The van der Waals surface area contributed by atoms with Crippen LogP contribution in [0, 0.1) is 0 Å². The monoisotopic (exact) mass is 330 g/mol.